The zero-order valence-electron chi connectivity index (χ0n) is 16.6. The van der Waals surface area contributed by atoms with E-state index in [4.69, 9.17) is 9.73 Å². The van der Waals surface area contributed by atoms with Crippen molar-refractivity contribution >= 4 is 28.0 Å². The van der Waals surface area contributed by atoms with Crippen LogP contribution >= 0.6 is 0 Å². The number of carbonyl (C=O) groups excluding carboxylic acids is 1. The van der Waals surface area contributed by atoms with E-state index in [1.807, 2.05) is 56.3 Å². The van der Waals surface area contributed by atoms with Crippen molar-refractivity contribution in [3.63, 3.8) is 0 Å². The van der Waals surface area contributed by atoms with Crippen LogP contribution in [0.3, 0.4) is 0 Å². The lowest BCUT2D eigenvalue weighted by atomic mass is 9.73. The lowest BCUT2D eigenvalue weighted by molar-refractivity contribution is -0.119. The second kappa shape index (κ2) is 7.48. The molecule has 0 saturated carbocycles. The van der Waals surface area contributed by atoms with E-state index < -0.39 is 5.92 Å². The fraction of sp³-hybridized carbons (Fsp3) is 0.250. The van der Waals surface area contributed by atoms with Crippen molar-refractivity contribution in [3.8, 4) is 11.9 Å². The summed E-state index contributed by atoms with van der Waals surface area (Å²) in [6.45, 7) is 5.88. The Hall–Kier alpha value is -3.52. The Balaban J connectivity index is 2.07. The Morgan fingerprint density at radius 3 is 2.62 bits per heavy atom. The van der Waals surface area contributed by atoms with Crippen LogP contribution in [0.1, 0.15) is 43.4 Å². The number of Topliss-reactive ketones (excluding diaryl/α,β-unsaturated/α-hetero) is 1. The van der Waals surface area contributed by atoms with Gasteiger partial charge in [-0.2, -0.15) is 5.26 Å². The zero-order valence-corrected chi connectivity index (χ0v) is 16.6. The predicted octanol–water partition coefficient (Wildman–Crippen LogP) is 4.95. The highest BCUT2D eigenvalue weighted by atomic mass is 16.5. The number of rotatable bonds is 4. The molecule has 0 aliphatic carbocycles. The molecular weight excluding hydrogens is 362 g/mol. The minimum Gasteiger partial charge on any atom is -0.478 e. The van der Waals surface area contributed by atoms with Crippen LogP contribution in [0.5, 0.6) is 5.88 Å². The second-order valence-electron chi connectivity index (χ2n) is 7.16. The van der Waals surface area contributed by atoms with Gasteiger partial charge in [-0.3, -0.25) is 9.79 Å². The maximum Gasteiger partial charge on any atom is 0.219 e. The van der Waals surface area contributed by atoms with E-state index in [1.54, 1.807) is 13.1 Å². The quantitative estimate of drug-likeness (QED) is 0.639. The van der Waals surface area contributed by atoms with Crippen LogP contribution in [-0.4, -0.2) is 23.1 Å². The highest BCUT2D eigenvalue weighted by Crippen LogP contribution is 2.48. The van der Waals surface area contributed by atoms with Crippen LogP contribution in [0.15, 0.2) is 53.7 Å². The van der Waals surface area contributed by atoms with Gasteiger partial charge in [-0.1, -0.05) is 30.3 Å². The standard InChI is InChI=1S/C24H21N3O2/c1-4-29-24-23-20(11-12-26-24)27-14(2)21(15(3)28)22(23)19-10-9-16(13-25)17-7-5-6-8-18(17)19/h5-12,21-22H,4H2,1-3H3. The molecule has 0 spiro atoms. The third kappa shape index (κ3) is 3.07. The summed E-state index contributed by atoms with van der Waals surface area (Å²) in [5.41, 5.74) is 3.97. The smallest absolute Gasteiger partial charge is 0.219 e. The van der Waals surface area contributed by atoms with E-state index in [0.29, 0.717) is 18.1 Å². The van der Waals surface area contributed by atoms with E-state index >= 15 is 0 Å². The van der Waals surface area contributed by atoms with Gasteiger partial charge in [-0.25, -0.2) is 4.98 Å². The molecule has 5 heteroatoms. The van der Waals surface area contributed by atoms with Crippen molar-refractivity contribution in [2.24, 2.45) is 10.9 Å². The maximum atomic E-state index is 12.7. The van der Waals surface area contributed by atoms with E-state index in [0.717, 1.165) is 33.3 Å². The summed E-state index contributed by atoms with van der Waals surface area (Å²) in [7, 11) is 0. The molecule has 0 N–H and O–H groups in total. The highest BCUT2D eigenvalue weighted by molar-refractivity contribution is 6.08. The molecule has 5 nitrogen and oxygen atoms in total. The van der Waals surface area contributed by atoms with Crippen LogP contribution in [0.25, 0.3) is 10.8 Å². The van der Waals surface area contributed by atoms with Crippen molar-refractivity contribution in [1.29, 1.82) is 5.26 Å². The van der Waals surface area contributed by atoms with Crippen molar-refractivity contribution in [2.75, 3.05) is 6.61 Å². The first-order chi connectivity index (χ1) is 14.1. The van der Waals surface area contributed by atoms with Crippen LogP contribution in [-0.2, 0) is 4.79 Å². The molecule has 29 heavy (non-hydrogen) atoms. The second-order valence-corrected chi connectivity index (χ2v) is 7.16. The number of nitriles is 1. The van der Waals surface area contributed by atoms with Crippen molar-refractivity contribution in [2.45, 2.75) is 26.7 Å². The predicted molar refractivity (Wildman–Crippen MR) is 113 cm³/mol. The first-order valence-electron chi connectivity index (χ1n) is 9.65. The summed E-state index contributed by atoms with van der Waals surface area (Å²) in [6.07, 6.45) is 1.68. The number of fused-ring (bicyclic) bond motifs is 2. The average molecular weight is 383 g/mol. The van der Waals surface area contributed by atoms with Crippen molar-refractivity contribution < 1.29 is 9.53 Å². The van der Waals surface area contributed by atoms with Crippen LogP contribution < -0.4 is 4.74 Å². The molecule has 0 saturated heterocycles. The molecule has 0 fully saturated rings. The van der Waals surface area contributed by atoms with Crippen LogP contribution in [0.4, 0.5) is 5.69 Å². The summed E-state index contributed by atoms with van der Waals surface area (Å²) in [5, 5.41) is 11.4. The summed E-state index contributed by atoms with van der Waals surface area (Å²) in [5.74, 6) is -0.150. The van der Waals surface area contributed by atoms with Crippen molar-refractivity contribution in [3.05, 3.63) is 65.4 Å². The Labute approximate surface area is 169 Å². The topological polar surface area (TPSA) is 75.3 Å². The number of pyridine rings is 1. The van der Waals surface area contributed by atoms with Gasteiger partial charge in [0.05, 0.1) is 29.8 Å². The number of ether oxygens (including phenoxy) is 1. The maximum absolute atomic E-state index is 12.7. The van der Waals surface area contributed by atoms with E-state index in [2.05, 4.69) is 11.1 Å². The molecule has 2 aromatic carbocycles. The van der Waals surface area contributed by atoms with Gasteiger partial charge < -0.3 is 4.74 Å². The first kappa shape index (κ1) is 18.8. The van der Waals surface area contributed by atoms with Gasteiger partial charge in [0.1, 0.15) is 5.78 Å². The number of aromatic nitrogens is 1. The molecule has 1 aliphatic heterocycles. The summed E-state index contributed by atoms with van der Waals surface area (Å²) >= 11 is 0. The fourth-order valence-electron chi connectivity index (χ4n) is 4.31. The Kier molecular flexibility index (Phi) is 4.85. The monoisotopic (exact) mass is 383 g/mol. The molecule has 144 valence electrons. The van der Waals surface area contributed by atoms with E-state index in [-0.39, 0.29) is 11.7 Å². The van der Waals surface area contributed by atoms with Gasteiger partial charge in [-0.15, -0.1) is 0 Å². The van der Waals surface area contributed by atoms with Gasteiger partial charge in [0.25, 0.3) is 0 Å². The molecule has 4 rings (SSSR count). The van der Waals surface area contributed by atoms with Crippen molar-refractivity contribution in [1.82, 2.24) is 4.98 Å². The third-order valence-corrected chi connectivity index (χ3v) is 5.45. The minimum absolute atomic E-state index is 0.0432. The van der Waals surface area contributed by atoms with Crippen LogP contribution in [0, 0.1) is 17.2 Å². The Morgan fingerprint density at radius 1 is 1.17 bits per heavy atom. The Morgan fingerprint density at radius 2 is 1.93 bits per heavy atom. The lowest BCUT2D eigenvalue weighted by Gasteiger charge is -2.32. The largest absolute Gasteiger partial charge is 0.478 e. The van der Waals surface area contributed by atoms with E-state index in [9.17, 15) is 10.1 Å². The normalized spacial score (nSPS) is 17.9. The molecule has 2 atom stereocenters. The molecule has 3 aromatic rings. The number of benzene rings is 2. The molecular formula is C24H21N3O2. The number of carbonyl (C=O) groups is 1. The van der Waals surface area contributed by atoms with Gasteiger partial charge >= 0.3 is 0 Å². The molecule has 0 amide bonds. The highest BCUT2D eigenvalue weighted by Gasteiger charge is 2.39. The molecule has 0 radical (unpaired) electrons. The van der Waals surface area contributed by atoms with Crippen LogP contribution in [0.2, 0.25) is 0 Å². The molecule has 2 unspecified atom stereocenters. The third-order valence-electron chi connectivity index (χ3n) is 5.45. The molecule has 0 bridgehead atoms. The average Bonchev–Trinajstić information content (AvgIpc) is 2.72. The minimum atomic E-state index is -0.415. The van der Waals surface area contributed by atoms with Gasteiger partial charge in [-0.05, 0) is 49.2 Å². The number of ketones is 1. The first-order valence-corrected chi connectivity index (χ1v) is 9.65. The fourth-order valence-corrected chi connectivity index (χ4v) is 4.31. The number of aliphatic imine (C=N–C) groups is 1. The van der Waals surface area contributed by atoms with E-state index in [1.165, 1.54) is 0 Å². The van der Waals surface area contributed by atoms with Gasteiger partial charge in [0.15, 0.2) is 0 Å². The summed E-state index contributed by atoms with van der Waals surface area (Å²) in [4.78, 5) is 21.9. The Bertz CT molecular complexity index is 1190. The number of hydrogen-bond acceptors (Lipinski definition) is 5. The van der Waals surface area contributed by atoms with Gasteiger partial charge in [0, 0.05) is 23.4 Å². The molecule has 1 aromatic heterocycles. The number of nitrogens with zero attached hydrogens (tertiary/aromatic N) is 3. The SMILES string of the molecule is CCOc1nccc2c1C(c1ccc(C#N)c3ccccc13)C(C(C)=O)C(C)=N2. The summed E-state index contributed by atoms with van der Waals surface area (Å²) in [6, 6.07) is 15.7. The summed E-state index contributed by atoms with van der Waals surface area (Å²) < 4.78 is 5.83. The zero-order chi connectivity index (χ0) is 20.5. The molecule has 1 aliphatic rings. The van der Waals surface area contributed by atoms with Gasteiger partial charge in [0.2, 0.25) is 5.88 Å². The lowest BCUT2D eigenvalue weighted by Crippen LogP contribution is -2.31. The molecule has 2 heterocycles. The number of hydrogen-bond donors (Lipinski definition) is 0.